The molecular weight excluding hydrogens is 380 g/mol. The van der Waals surface area contributed by atoms with Gasteiger partial charge in [0.25, 0.3) is 11.1 Å². The standard InChI is InChI=1S/C16H19ClN4O4S/c1-16(2,3)19-14(23)18-12(22)9-26-15-21-20-13(25-15)8-24-11-6-4-10(17)5-7-11/h4-7H,8-9H2,1-3H3,(H2,18,19,22,23). The minimum absolute atomic E-state index is 0.0305. The summed E-state index contributed by atoms with van der Waals surface area (Å²) in [5.74, 6) is 0.394. The van der Waals surface area contributed by atoms with Gasteiger partial charge in [0, 0.05) is 10.6 Å². The minimum Gasteiger partial charge on any atom is -0.484 e. The van der Waals surface area contributed by atoms with Crippen LogP contribution in [0, 0.1) is 0 Å². The average Bonchev–Trinajstić information content (AvgIpc) is 2.98. The summed E-state index contributed by atoms with van der Waals surface area (Å²) in [5.41, 5.74) is -0.428. The van der Waals surface area contributed by atoms with Gasteiger partial charge in [0.1, 0.15) is 5.75 Å². The fourth-order valence-electron chi connectivity index (χ4n) is 1.69. The lowest BCUT2D eigenvalue weighted by Crippen LogP contribution is -2.48. The van der Waals surface area contributed by atoms with Crippen molar-refractivity contribution in [3.05, 3.63) is 35.2 Å². The quantitative estimate of drug-likeness (QED) is 0.720. The third-order valence-electron chi connectivity index (χ3n) is 2.69. The Morgan fingerprint density at radius 3 is 2.58 bits per heavy atom. The lowest BCUT2D eigenvalue weighted by molar-refractivity contribution is -0.117. The summed E-state index contributed by atoms with van der Waals surface area (Å²) in [7, 11) is 0. The number of carbonyl (C=O) groups excluding carboxylic acids is 2. The molecule has 0 atom stereocenters. The number of rotatable bonds is 6. The smallest absolute Gasteiger partial charge is 0.321 e. The van der Waals surface area contributed by atoms with Crippen molar-refractivity contribution in [2.45, 2.75) is 38.1 Å². The second-order valence-corrected chi connectivity index (χ2v) is 7.61. The van der Waals surface area contributed by atoms with E-state index in [-0.39, 0.29) is 23.5 Å². The predicted octanol–water partition coefficient (Wildman–Crippen LogP) is 3.02. The number of thioether (sulfide) groups is 1. The molecule has 140 valence electrons. The van der Waals surface area contributed by atoms with Crippen molar-refractivity contribution in [3.8, 4) is 5.75 Å². The molecule has 0 aliphatic heterocycles. The molecule has 0 saturated carbocycles. The van der Waals surface area contributed by atoms with Crippen LogP contribution in [0.3, 0.4) is 0 Å². The van der Waals surface area contributed by atoms with Gasteiger partial charge in [-0.2, -0.15) is 0 Å². The Labute approximate surface area is 160 Å². The number of urea groups is 1. The molecule has 0 aliphatic rings. The van der Waals surface area contributed by atoms with Crippen LogP contribution in [0.2, 0.25) is 5.02 Å². The first-order valence-corrected chi connectivity index (χ1v) is 9.03. The molecule has 2 aromatic rings. The number of hydrogen-bond donors (Lipinski definition) is 2. The number of halogens is 1. The number of nitrogens with one attached hydrogen (secondary N) is 2. The normalized spacial score (nSPS) is 11.1. The summed E-state index contributed by atoms with van der Waals surface area (Å²) < 4.78 is 10.9. The SMILES string of the molecule is CC(C)(C)NC(=O)NC(=O)CSc1nnc(COc2ccc(Cl)cc2)o1. The maximum atomic E-state index is 11.7. The Morgan fingerprint density at radius 1 is 1.23 bits per heavy atom. The van der Waals surface area contributed by atoms with E-state index in [4.69, 9.17) is 20.8 Å². The molecule has 1 aromatic carbocycles. The van der Waals surface area contributed by atoms with Crippen LogP contribution in [-0.4, -0.2) is 33.4 Å². The summed E-state index contributed by atoms with van der Waals surface area (Å²) in [6.07, 6.45) is 0. The van der Waals surface area contributed by atoms with Gasteiger partial charge in [-0.1, -0.05) is 23.4 Å². The van der Waals surface area contributed by atoms with E-state index in [0.29, 0.717) is 10.8 Å². The average molecular weight is 399 g/mol. The number of ether oxygens (including phenoxy) is 1. The largest absolute Gasteiger partial charge is 0.484 e. The number of benzene rings is 1. The highest BCUT2D eigenvalue weighted by Crippen LogP contribution is 2.19. The molecule has 0 saturated heterocycles. The van der Waals surface area contributed by atoms with E-state index in [1.54, 1.807) is 24.3 Å². The van der Waals surface area contributed by atoms with Gasteiger partial charge in [-0.15, -0.1) is 10.2 Å². The maximum Gasteiger partial charge on any atom is 0.321 e. The van der Waals surface area contributed by atoms with Gasteiger partial charge >= 0.3 is 6.03 Å². The van der Waals surface area contributed by atoms with Crippen molar-refractivity contribution < 1.29 is 18.7 Å². The highest BCUT2D eigenvalue weighted by atomic mass is 35.5. The number of amides is 3. The molecule has 0 unspecified atom stereocenters. The molecule has 2 N–H and O–H groups in total. The molecule has 0 radical (unpaired) electrons. The second-order valence-electron chi connectivity index (χ2n) is 6.25. The fraction of sp³-hybridized carbons (Fsp3) is 0.375. The Balaban J connectivity index is 1.74. The molecule has 3 amide bonds. The van der Waals surface area contributed by atoms with Gasteiger partial charge < -0.3 is 14.5 Å². The number of hydrogen-bond acceptors (Lipinski definition) is 7. The molecule has 1 heterocycles. The van der Waals surface area contributed by atoms with Crippen molar-refractivity contribution in [3.63, 3.8) is 0 Å². The zero-order valence-electron chi connectivity index (χ0n) is 14.5. The first kappa shape index (κ1) is 20.1. The summed E-state index contributed by atoms with van der Waals surface area (Å²) in [6, 6.07) is 6.31. The van der Waals surface area contributed by atoms with Crippen LogP contribution in [0.25, 0.3) is 0 Å². The third kappa shape index (κ3) is 7.32. The van der Waals surface area contributed by atoms with Crippen LogP contribution in [0.15, 0.2) is 33.9 Å². The van der Waals surface area contributed by atoms with Crippen LogP contribution >= 0.6 is 23.4 Å². The number of nitrogens with zero attached hydrogens (tertiary/aromatic N) is 2. The van der Waals surface area contributed by atoms with Crippen molar-refractivity contribution in [2.75, 3.05) is 5.75 Å². The van der Waals surface area contributed by atoms with Crippen LogP contribution in [0.4, 0.5) is 4.79 Å². The van der Waals surface area contributed by atoms with Gasteiger partial charge in [-0.05, 0) is 45.0 Å². The summed E-state index contributed by atoms with van der Waals surface area (Å²) in [6.45, 7) is 5.54. The first-order chi connectivity index (χ1) is 12.2. The molecule has 26 heavy (non-hydrogen) atoms. The molecular formula is C16H19ClN4O4S. The molecule has 8 nitrogen and oxygen atoms in total. The highest BCUT2D eigenvalue weighted by molar-refractivity contribution is 7.99. The molecule has 0 fully saturated rings. The van der Waals surface area contributed by atoms with Crippen LogP contribution in [0.1, 0.15) is 26.7 Å². The van der Waals surface area contributed by atoms with E-state index >= 15 is 0 Å². The lowest BCUT2D eigenvalue weighted by atomic mass is 10.1. The van der Waals surface area contributed by atoms with Gasteiger partial charge in [0.15, 0.2) is 6.61 Å². The Morgan fingerprint density at radius 2 is 1.92 bits per heavy atom. The predicted molar refractivity (Wildman–Crippen MR) is 97.2 cm³/mol. The van der Waals surface area contributed by atoms with E-state index in [0.717, 1.165) is 11.8 Å². The number of carbonyl (C=O) groups is 2. The van der Waals surface area contributed by atoms with Crippen molar-refractivity contribution in [1.29, 1.82) is 0 Å². The molecule has 0 bridgehead atoms. The Bertz CT molecular complexity index is 758. The Hall–Kier alpha value is -2.26. The van der Waals surface area contributed by atoms with E-state index in [1.807, 2.05) is 20.8 Å². The molecule has 2 rings (SSSR count). The van der Waals surface area contributed by atoms with Gasteiger partial charge in [0.05, 0.1) is 5.75 Å². The number of imide groups is 1. The Kier molecular flexibility index (Phi) is 6.87. The van der Waals surface area contributed by atoms with Crippen molar-refractivity contribution in [1.82, 2.24) is 20.8 Å². The third-order valence-corrected chi connectivity index (χ3v) is 3.76. The fourth-order valence-corrected chi connectivity index (χ4v) is 2.40. The van der Waals surface area contributed by atoms with Gasteiger partial charge in [0.2, 0.25) is 5.91 Å². The van der Waals surface area contributed by atoms with Crippen LogP contribution < -0.4 is 15.4 Å². The summed E-state index contributed by atoms with van der Waals surface area (Å²) in [5, 5.41) is 13.3. The maximum absolute atomic E-state index is 11.7. The van der Waals surface area contributed by atoms with E-state index in [9.17, 15) is 9.59 Å². The molecule has 0 aliphatic carbocycles. The molecule has 10 heteroatoms. The van der Waals surface area contributed by atoms with Crippen molar-refractivity contribution in [2.24, 2.45) is 0 Å². The van der Waals surface area contributed by atoms with Gasteiger partial charge in [-0.25, -0.2) is 4.79 Å². The van der Waals surface area contributed by atoms with E-state index < -0.39 is 17.5 Å². The zero-order chi connectivity index (χ0) is 19.2. The first-order valence-electron chi connectivity index (χ1n) is 7.67. The summed E-state index contributed by atoms with van der Waals surface area (Å²) in [4.78, 5) is 23.3. The van der Waals surface area contributed by atoms with Crippen molar-refractivity contribution >= 4 is 35.3 Å². The zero-order valence-corrected chi connectivity index (χ0v) is 16.1. The minimum atomic E-state index is -0.550. The number of aromatic nitrogens is 2. The van der Waals surface area contributed by atoms with E-state index in [1.165, 1.54) is 0 Å². The van der Waals surface area contributed by atoms with Crippen LogP contribution in [-0.2, 0) is 11.4 Å². The van der Waals surface area contributed by atoms with Crippen LogP contribution in [0.5, 0.6) is 5.75 Å². The highest BCUT2D eigenvalue weighted by Gasteiger charge is 2.16. The molecule has 0 spiro atoms. The second kappa shape index (κ2) is 8.91. The lowest BCUT2D eigenvalue weighted by Gasteiger charge is -2.20. The monoisotopic (exact) mass is 398 g/mol. The summed E-state index contributed by atoms with van der Waals surface area (Å²) >= 11 is 6.83. The molecule has 1 aromatic heterocycles. The van der Waals surface area contributed by atoms with Gasteiger partial charge in [-0.3, -0.25) is 10.1 Å². The van der Waals surface area contributed by atoms with E-state index in [2.05, 4.69) is 20.8 Å². The topological polar surface area (TPSA) is 106 Å².